The van der Waals surface area contributed by atoms with Gasteiger partial charge < -0.3 is 34.0 Å². The van der Waals surface area contributed by atoms with Crippen LogP contribution >= 0.6 is 0 Å². The summed E-state index contributed by atoms with van der Waals surface area (Å²) in [5.41, 5.74) is 2.25. The van der Waals surface area contributed by atoms with E-state index in [-0.39, 0.29) is 29.7 Å². The Morgan fingerprint density at radius 2 is 1.59 bits per heavy atom. The van der Waals surface area contributed by atoms with Crippen LogP contribution in [0.1, 0.15) is 18.9 Å². The number of aryl methyl sites for hydroxylation is 1. The fourth-order valence-electron chi connectivity index (χ4n) is 5.59. The number of anilines is 1. The number of fused-ring (bicyclic) bond motifs is 1. The Hall–Kier alpha value is -4.98. The van der Waals surface area contributed by atoms with Crippen LogP contribution in [-0.4, -0.2) is 64.1 Å². The predicted octanol–water partition coefficient (Wildman–Crippen LogP) is 6.42. The number of rotatable bonds is 10. The number of aromatic nitrogens is 2. The summed E-state index contributed by atoms with van der Waals surface area (Å²) in [4.78, 5) is 19.1. The summed E-state index contributed by atoms with van der Waals surface area (Å²) in [6.07, 6.45) is -2.93. The molecule has 0 amide bonds. The van der Waals surface area contributed by atoms with Crippen molar-refractivity contribution in [2.24, 2.45) is 0 Å². The highest BCUT2D eigenvalue weighted by molar-refractivity contribution is 5.50. The first kappa shape index (κ1) is 31.0. The first-order valence-electron chi connectivity index (χ1n) is 14.8. The van der Waals surface area contributed by atoms with Crippen molar-refractivity contribution in [1.29, 1.82) is 0 Å². The van der Waals surface area contributed by atoms with Crippen LogP contribution in [0.15, 0.2) is 79.0 Å². The van der Waals surface area contributed by atoms with Crippen LogP contribution in [0.5, 0.6) is 29.0 Å². The number of imidazole rings is 1. The average Bonchev–Trinajstić information content (AvgIpc) is 3.46. The topological polar surface area (TPSA) is 104 Å². The number of piperazine rings is 1. The van der Waals surface area contributed by atoms with Gasteiger partial charge in [-0.2, -0.15) is 0 Å². The summed E-state index contributed by atoms with van der Waals surface area (Å²) < 4.78 is 60.1. The summed E-state index contributed by atoms with van der Waals surface area (Å²) in [6.45, 7) is 6.52. The van der Waals surface area contributed by atoms with Gasteiger partial charge in [0.2, 0.25) is 0 Å². The fraction of sp³-hybridized carbons (Fsp3) is 0.344. The molecule has 0 spiro atoms. The van der Waals surface area contributed by atoms with Crippen LogP contribution in [0.4, 0.5) is 24.7 Å². The number of nitro groups is 1. The smallest absolute Gasteiger partial charge is 0.490 e. The highest BCUT2D eigenvalue weighted by Crippen LogP contribution is 2.29. The van der Waals surface area contributed by atoms with Gasteiger partial charge in [0.15, 0.2) is 0 Å². The second-order valence-electron chi connectivity index (χ2n) is 11.2. The molecule has 0 bridgehead atoms. The van der Waals surface area contributed by atoms with E-state index in [2.05, 4.69) is 38.6 Å². The maximum Gasteiger partial charge on any atom is 0.573 e. The third kappa shape index (κ3) is 7.80. The number of nitrogens with zero attached hydrogens (tertiary/aromatic N) is 5. The van der Waals surface area contributed by atoms with Crippen molar-refractivity contribution in [1.82, 2.24) is 14.5 Å². The SMILES string of the molecule is C[C@H]1CN(Cc2ccc(Oc3ccc(OC(F)(F)F)cc3)cc2)CCN1c1ccc(OC[C@H]2CCn3cc([N+](=O)[O-])nc3O2)cc1. The lowest BCUT2D eigenvalue weighted by atomic mass is 10.1. The van der Waals surface area contributed by atoms with Crippen molar-refractivity contribution in [3.05, 3.63) is 94.7 Å². The summed E-state index contributed by atoms with van der Waals surface area (Å²) in [6, 6.07) is 21.5. The highest BCUT2D eigenvalue weighted by atomic mass is 19.4. The fourth-order valence-corrected chi connectivity index (χ4v) is 5.59. The van der Waals surface area contributed by atoms with Gasteiger partial charge in [-0.25, -0.2) is 0 Å². The monoisotopic (exact) mass is 639 g/mol. The van der Waals surface area contributed by atoms with E-state index in [1.807, 2.05) is 36.4 Å². The van der Waals surface area contributed by atoms with Gasteiger partial charge in [-0.15, -0.1) is 13.2 Å². The van der Waals surface area contributed by atoms with E-state index in [9.17, 15) is 23.3 Å². The van der Waals surface area contributed by atoms with Gasteiger partial charge in [-0.1, -0.05) is 12.1 Å². The van der Waals surface area contributed by atoms with E-state index in [1.165, 1.54) is 30.5 Å². The molecule has 1 saturated heterocycles. The molecule has 2 atom stereocenters. The Bertz CT molecular complexity index is 1630. The molecule has 3 heterocycles. The third-order valence-electron chi connectivity index (χ3n) is 7.82. The minimum Gasteiger partial charge on any atom is -0.490 e. The molecule has 0 radical (unpaired) electrons. The van der Waals surface area contributed by atoms with Gasteiger partial charge in [-0.05, 0) is 78.1 Å². The van der Waals surface area contributed by atoms with E-state index in [4.69, 9.17) is 14.2 Å². The van der Waals surface area contributed by atoms with Gasteiger partial charge in [-0.3, -0.25) is 9.47 Å². The quantitative estimate of drug-likeness (QED) is 0.144. The van der Waals surface area contributed by atoms with E-state index in [1.54, 1.807) is 4.57 Å². The maximum atomic E-state index is 12.4. The third-order valence-corrected chi connectivity index (χ3v) is 7.82. The molecule has 0 N–H and O–H groups in total. The Kier molecular flexibility index (Phi) is 8.88. The second-order valence-corrected chi connectivity index (χ2v) is 11.2. The molecule has 2 aliphatic heterocycles. The lowest BCUT2D eigenvalue weighted by Crippen LogP contribution is -2.51. The van der Waals surface area contributed by atoms with Crippen molar-refractivity contribution < 1.29 is 37.0 Å². The normalized spacial score (nSPS) is 18.4. The van der Waals surface area contributed by atoms with Crippen LogP contribution in [0.25, 0.3) is 0 Å². The molecule has 2 aliphatic rings. The van der Waals surface area contributed by atoms with Crippen molar-refractivity contribution in [2.45, 2.75) is 44.9 Å². The van der Waals surface area contributed by atoms with Crippen LogP contribution in [0.2, 0.25) is 0 Å². The Morgan fingerprint density at radius 1 is 0.935 bits per heavy atom. The largest absolute Gasteiger partial charge is 0.573 e. The molecule has 3 aromatic carbocycles. The predicted molar refractivity (Wildman–Crippen MR) is 162 cm³/mol. The number of benzene rings is 3. The van der Waals surface area contributed by atoms with E-state index >= 15 is 0 Å². The molecule has 11 nitrogen and oxygen atoms in total. The van der Waals surface area contributed by atoms with E-state index < -0.39 is 11.3 Å². The zero-order valence-electron chi connectivity index (χ0n) is 24.9. The minimum absolute atomic E-state index is 0.224. The zero-order valence-corrected chi connectivity index (χ0v) is 24.9. The van der Waals surface area contributed by atoms with E-state index in [0.29, 0.717) is 31.1 Å². The van der Waals surface area contributed by atoms with Gasteiger partial charge >= 0.3 is 18.2 Å². The number of halogens is 3. The summed E-state index contributed by atoms with van der Waals surface area (Å²) in [5, 5.41) is 11.0. The molecular weight excluding hydrogens is 607 g/mol. The van der Waals surface area contributed by atoms with Gasteiger partial charge in [0.1, 0.15) is 41.9 Å². The summed E-state index contributed by atoms with van der Waals surface area (Å²) >= 11 is 0. The Labute approximate surface area is 262 Å². The molecule has 0 saturated carbocycles. The first-order valence-corrected chi connectivity index (χ1v) is 14.8. The van der Waals surface area contributed by atoms with Gasteiger partial charge in [0, 0.05) is 55.9 Å². The molecule has 242 valence electrons. The molecule has 14 heteroatoms. The lowest BCUT2D eigenvalue weighted by molar-refractivity contribution is -0.389. The molecule has 6 rings (SSSR count). The van der Waals surface area contributed by atoms with Crippen LogP contribution in [0, 0.1) is 10.1 Å². The Balaban J connectivity index is 0.949. The summed E-state index contributed by atoms with van der Waals surface area (Å²) in [7, 11) is 0. The Morgan fingerprint density at radius 3 is 2.24 bits per heavy atom. The van der Waals surface area contributed by atoms with Crippen molar-refractivity contribution in [3.8, 4) is 29.0 Å². The second kappa shape index (κ2) is 13.2. The standard InChI is InChI=1S/C32H32F3N5O6/c1-22-18-37(19-23-2-6-26(7-3-23)44-27-10-12-28(13-11-27)46-32(33,34)35)16-17-39(22)24-4-8-25(9-5-24)43-21-29-14-15-38-20-30(40(41)42)36-31(38)45-29/h2-13,20,22,29H,14-19,21H2,1H3/t22-,29+/m0/s1. The number of alkyl halides is 3. The molecule has 0 aliphatic carbocycles. The molecule has 1 fully saturated rings. The van der Waals surface area contributed by atoms with Crippen molar-refractivity contribution in [3.63, 3.8) is 0 Å². The molecule has 4 aromatic rings. The first-order chi connectivity index (χ1) is 22.1. The molecular formula is C32H32F3N5O6. The number of ether oxygens (including phenoxy) is 4. The van der Waals surface area contributed by atoms with Gasteiger partial charge in [0.25, 0.3) is 0 Å². The number of hydrogen-bond donors (Lipinski definition) is 0. The molecule has 0 unspecified atom stereocenters. The van der Waals surface area contributed by atoms with Crippen LogP contribution < -0.4 is 23.8 Å². The van der Waals surface area contributed by atoms with Crippen molar-refractivity contribution in [2.75, 3.05) is 31.1 Å². The summed E-state index contributed by atoms with van der Waals surface area (Å²) in [5.74, 6) is 1.19. The maximum absolute atomic E-state index is 12.4. The molecule has 1 aromatic heterocycles. The minimum atomic E-state index is -4.73. The van der Waals surface area contributed by atoms with E-state index in [0.717, 1.165) is 43.2 Å². The van der Waals surface area contributed by atoms with Crippen LogP contribution in [-0.2, 0) is 13.1 Å². The lowest BCUT2D eigenvalue weighted by Gasteiger charge is -2.41. The number of hydrogen-bond acceptors (Lipinski definition) is 9. The van der Waals surface area contributed by atoms with Crippen molar-refractivity contribution >= 4 is 11.5 Å². The average molecular weight is 640 g/mol. The highest BCUT2D eigenvalue weighted by Gasteiger charge is 2.31. The zero-order chi connectivity index (χ0) is 32.3. The molecule has 46 heavy (non-hydrogen) atoms. The van der Waals surface area contributed by atoms with Gasteiger partial charge in [0.05, 0.1) is 0 Å². The van der Waals surface area contributed by atoms with Crippen LogP contribution in [0.3, 0.4) is 0 Å².